The third-order valence-corrected chi connectivity index (χ3v) is 3.80. The van der Waals surface area contributed by atoms with E-state index in [1.807, 2.05) is 11.8 Å². The van der Waals surface area contributed by atoms with Crippen LogP contribution in [0.4, 0.5) is 0 Å². The van der Waals surface area contributed by atoms with E-state index in [2.05, 4.69) is 17.1 Å². The summed E-state index contributed by atoms with van der Waals surface area (Å²) in [5.74, 6) is 0.760. The fourth-order valence-corrected chi connectivity index (χ4v) is 2.77. The summed E-state index contributed by atoms with van der Waals surface area (Å²) in [6.07, 6.45) is 7.01. The van der Waals surface area contributed by atoms with E-state index in [0.29, 0.717) is 24.8 Å². The van der Waals surface area contributed by atoms with Gasteiger partial charge < -0.3 is 10.0 Å². The van der Waals surface area contributed by atoms with Gasteiger partial charge in [-0.3, -0.25) is 9.69 Å². The molecule has 0 unspecified atom stereocenters. The minimum absolute atomic E-state index is 0.282. The maximum absolute atomic E-state index is 12.1. The second-order valence-corrected chi connectivity index (χ2v) is 5.50. The number of aliphatic hydroxyl groups is 1. The van der Waals surface area contributed by atoms with Crippen LogP contribution >= 0.6 is 0 Å². The van der Waals surface area contributed by atoms with Gasteiger partial charge in [0.05, 0.1) is 6.10 Å². The van der Waals surface area contributed by atoms with E-state index in [4.69, 9.17) is 0 Å². The average Bonchev–Trinajstić information content (AvgIpc) is 2.82. The number of carbonyl (C=O) groups is 1. The van der Waals surface area contributed by atoms with Crippen molar-refractivity contribution < 1.29 is 9.90 Å². The van der Waals surface area contributed by atoms with Crippen LogP contribution in [-0.2, 0) is 4.79 Å². The number of amides is 1. The third-order valence-electron chi connectivity index (χ3n) is 3.80. The number of rotatable bonds is 4. The molecule has 4 heteroatoms. The quantitative estimate of drug-likeness (QED) is 0.755. The first-order chi connectivity index (χ1) is 8.65. The highest BCUT2D eigenvalue weighted by Crippen LogP contribution is 2.21. The lowest BCUT2D eigenvalue weighted by Gasteiger charge is -2.35. The first-order valence-electron chi connectivity index (χ1n) is 7.00. The molecule has 1 N–H and O–H groups in total. The molecule has 1 aliphatic heterocycles. The Bertz CT molecular complexity index is 307. The van der Waals surface area contributed by atoms with Gasteiger partial charge in [0.1, 0.15) is 0 Å². The summed E-state index contributed by atoms with van der Waals surface area (Å²) >= 11 is 0. The molecule has 0 radical (unpaired) electrons. The Balaban J connectivity index is 1.71. The van der Waals surface area contributed by atoms with Crippen molar-refractivity contribution in [3.8, 4) is 0 Å². The molecule has 0 aromatic heterocycles. The van der Waals surface area contributed by atoms with E-state index >= 15 is 0 Å². The number of allylic oxidation sites excluding steroid dienone is 2. The number of hydrogen-bond donors (Lipinski definition) is 1. The summed E-state index contributed by atoms with van der Waals surface area (Å²) in [5, 5.41) is 9.34. The highest BCUT2D eigenvalue weighted by Gasteiger charge is 2.23. The van der Waals surface area contributed by atoms with Gasteiger partial charge in [0.25, 0.3) is 0 Å². The molecule has 0 aromatic rings. The average molecular weight is 252 g/mol. The number of carbonyl (C=O) groups excluding carboxylic acids is 1. The van der Waals surface area contributed by atoms with Gasteiger partial charge in [-0.25, -0.2) is 0 Å². The number of piperazine rings is 1. The Labute approximate surface area is 109 Å². The van der Waals surface area contributed by atoms with Crippen LogP contribution in [0.25, 0.3) is 0 Å². The van der Waals surface area contributed by atoms with E-state index in [1.165, 1.54) is 0 Å². The lowest BCUT2D eigenvalue weighted by atomic mass is 10.0. The van der Waals surface area contributed by atoms with E-state index in [0.717, 1.165) is 39.0 Å². The Morgan fingerprint density at radius 2 is 2.11 bits per heavy atom. The Morgan fingerprint density at radius 3 is 2.67 bits per heavy atom. The molecular weight excluding hydrogens is 228 g/mol. The maximum Gasteiger partial charge on any atom is 0.223 e. The van der Waals surface area contributed by atoms with E-state index < -0.39 is 0 Å². The van der Waals surface area contributed by atoms with Crippen LogP contribution in [0.5, 0.6) is 0 Å². The zero-order valence-corrected chi connectivity index (χ0v) is 11.2. The van der Waals surface area contributed by atoms with E-state index in [-0.39, 0.29) is 6.10 Å². The molecule has 0 spiro atoms. The van der Waals surface area contributed by atoms with Gasteiger partial charge in [-0.1, -0.05) is 12.2 Å². The largest absolute Gasteiger partial charge is 0.392 e. The number of β-amino-alcohol motifs (C(OH)–C–C–N with tert-alkyl or cyclic N) is 1. The second kappa shape index (κ2) is 6.34. The Kier molecular flexibility index (Phi) is 4.78. The number of aliphatic hydroxyl groups excluding tert-OH is 1. The molecule has 0 bridgehead atoms. The molecule has 18 heavy (non-hydrogen) atoms. The predicted octanol–water partition coefficient (Wildman–Crippen LogP) is 0.868. The molecule has 0 saturated carbocycles. The minimum Gasteiger partial charge on any atom is -0.392 e. The molecule has 4 nitrogen and oxygen atoms in total. The van der Waals surface area contributed by atoms with Crippen LogP contribution in [0.3, 0.4) is 0 Å². The molecule has 2 aliphatic rings. The van der Waals surface area contributed by atoms with Gasteiger partial charge in [-0.15, -0.1) is 0 Å². The van der Waals surface area contributed by atoms with Crippen molar-refractivity contribution in [1.82, 2.24) is 9.80 Å². The van der Waals surface area contributed by atoms with Gasteiger partial charge in [0, 0.05) is 39.1 Å². The Hall–Kier alpha value is -0.870. The summed E-state index contributed by atoms with van der Waals surface area (Å²) in [7, 11) is 0. The minimum atomic E-state index is -0.282. The molecule has 1 saturated heterocycles. The van der Waals surface area contributed by atoms with Gasteiger partial charge in [0.15, 0.2) is 0 Å². The van der Waals surface area contributed by atoms with Gasteiger partial charge >= 0.3 is 0 Å². The zero-order chi connectivity index (χ0) is 13.0. The lowest BCUT2D eigenvalue weighted by molar-refractivity contribution is -0.133. The normalized spacial score (nSPS) is 26.6. The van der Waals surface area contributed by atoms with Crippen LogP contribution in [-0.4, -0.2) is 59.6 Å². The second-order valence-electron chi connectivity index (χ2n) is 5.50. The Morgan fingerprint density at radius 1 is 1.39 bits per heavy atom. The third kappa shape index (κ3) is 3.82. The van der Waals surface area contributed by atoms with Crippen LogP contribution < -0.4 is 0 Å². The van der Waals surface area contributed by atoms with E-state index in [1.54, 1.807) is 0 Å². The van der Waals surface area contributed by atoms with Gasteiger partial charge in [0.2, 0.25) is 5.91 Å². The zero-order valence-electron chi connectivity index (χ0n) is 11.2. The van der Waals surface area contributed by atoms with E-state index in [9.17, 15) is 9.90 Å². The van der Waals surface area contributed by atoms with Crippen molar-refractivity contribution in [2.24, 2.45) is 5.92 Å². The number of hydrogen-bond acceptors (Lipinski definition) is 3. The predicted molar refractivity (Wildman–Crippen MR) is 71.2 cm³/mol. The van der Waals surface area contributed by atoms with Crippen molar-refractivity contribution in [2.75, 3.05) is 32.7 Å². The first kappa shape index (κ1) is 13.6. The van der Waals surface area contributed by atoms with Crippen molar-refractivity contribution >= 4 is 5.91 Å². The molecular formula is C14H24N2O2. The monoisotopic (exact) mass is 252 g/mol. The van der Waals surface area contributed by atoms with Crippen molar-refractivity contribution in [1.29, 1.82) is 0 Å². The van der Waals surface area contributed by atoms with Crippen LogP contribution in [0.15, 0.2) is 12.2 Å². The summed E-state index contributed by atoms with van der Waals surface area (Å²) in [6.45, 7) is 5.91. The molecule has 2 atom stereocenters. The molecule has 0 aromatic carbocycles. The molecule has 2 rings (SSSR count). The fraction of sp³-hybridized carbons (Fsp3) is 0.786. The van der Waals surface area contributed by atoms with Crippen LogP contribution in [0.1, 0.15) is 26.2 Å². The summed E-state index contributed by atoms with van der Waals surface area (Å²) in [4.78, 5) is 16.3. The van der Waals surface area contributed by atoms with Gasteiger partial charge in [-0.2, -0.15) is 0 Å². The van der Waals surface area contributed by atoms with Crippen LogP contribution in [0.2, 0.25) is 0 Å². The van der Waals surface area contributed by atoms with Crippen molar-refractivity contribution in [2.45, 2.75) is 32.3 Å². The molecule has 1 aliphatic carbocycles. The van der Waals surface area contributed by atoms with Gasteiger partial charge in [-0.05, 0) is 25.7 Å². The fourth-order valence-electron chi connectivity index (χ4n) is 2.77. The van der Waals surface area contributed by atoms with Crippen molar-refractivity contribution in [3.05, 3.63) is 12.2 Å². The summed E-state index contributed by atoms with van der Waals surface area (Å²) in [5.41, 5.74) is 0. The molecule has 102 valence electrons. The summed E-state index contributed by atoms with van der Waals surface area (Å²) < 4.78 is 0. The SMILES string of the molecule is C[C@H](O)CN1CCN(C(=O)C[C@@H]2C=CCC2)CC1. The topological polar surface area (TPSA) is 43.8 Å². The smallest absolute Gasteiger partial charge is 0.223 e. The summed E-state index contributed by atoms with van der Waals surface area (Å²) in [6, 6.07) is 0. The number of nitrogens with zero attached hydrogens (tertiary/aromatic N) is 2. The van der Waals surface area contributed by atoms with Crippen LogP contribution in [0, 0.1) is 5.92 Å². The first-order valence-corrected chi connectivity index (χ1v) is 7.00. The standard InChI is InChI=1S/C14H24N2O2/c1-12(17)11-15-6-8-16(9-7-15)14(18)10-13-4-2-3-5-13/h2,4,12-13,17H,3,5-11H2,1H3/t12-,13+/m0/s1. The highest BCUT2D eigenvalue weighted by molar-refractivity contribution is 5.76. The lowest BCUT2D eigenvalue weighted by Crippen LogP contribution is -2.50. The molecule has 1 heterocycles. The molecule has 1 amide bonds. The van der Waals surface area contributed by atoms with Crippen molar-refractivity contribution in [3.63, 3.8) is 0 Å². The molecule has 1 fully saturated rings. The highest BCUT2D eigenvalue weighted by atomic mass is 16.3. The maximum atomic E-state index is 12.1.